The third-order valence-electron chi connectivity index (χ3n) is 2.98. The Labute approximate surface area is 126 Å². The minimum atomic E-state index is 0.126. The van der Waals surface area contributed by atoms with Gasteiger partial charge >= 0.3 is 0 Å². The average molecular weight is 340 g/mol. The number of hydrogen-bond acceptors (Lipinski definition) is 4. The summed E-state index contributed by atoms with van der Waals surface area (Å²) in [6.07, 6.45) is 3.72. The minimum absolute atomic E-state index is 0.126. The number of aromatic nitrogens is 2. The Balaban J connectivity index is 1.95. The molecule has 0 fully saturated rings. The number of hydrogen-bond donors (Lipinski definition) is 2. The molecule has 0 aliphatic heterocycles. The second-order valence-electron chi connectivity index (χ2n) is 4.64. The van der Waals surface area contributed by atoms with Crippen LogP contribution in [0.15, 0.2) is 35.1 Å². The Hall–Kier alpha value is -1.53. The van der Waals surface area contributed by atoms with Gasteiger partial charge in [0.1, 0.15) is 0 Å². The van der Waals surface area contributed by atoms with Crippen molar-refractivity contribution < 1.29 is 9.84 Å². The molecule has 2 aromatic rings. The highest BCUT2D eigenvalue weighted by Crippen LogP contribution is 2.35. The molecule has 1 aromatic heterocycles. The second-order valence-corrected chi connectivity index (χ2v) is 5.49. The molecule has 1 unspecified atom stereocenters. The summed E-state index contributed by atoms with van der Waals surface area (Å²) in [6.45, 7) is 3.61. The van der Waals surface area contributed by atoms with E-state index >= 15 is 0 Å². The maximum Gasteiger partial charge on any atom is 0.172 e. The lowest BCUT2D eigenvalue weighted by Gasteiger charge is -2.15. The molecule has 5 nitrogen and oxygen atoms in total. The Morgan fingerprint density at radius 3 is 2.95 bits per heavy atom. The number of nitrogens with one attached hydrogen (secondary N) is 1. The summed E-state index contributed by atoms with van der Waals surface area (Å²) < 4.78 is 7.66. The molecular formula is C14H18BrN3O2. The summed E-state index contributed by atoms with van der Waals surface area (Å²) in [5, 5.41) is 17.4. The van der Waals surface area contributed by atoms with E-state index in [9.17, 15) is 5.11 Å². The molecule has 6 heteroatoms. The number of benzene rings is 1. The maximum atomic E-state index is 9.77. The Bertz CT molecular complexity index is 558. The van der Waals surface area contributed by atoms with Gasteiger partial charge in [-0.3, -0.25) is 4.68 Å². The summed E-state index contributed by atoms with van der Waals surface area (Å²) in [5.41, 5.74) is 1.04. The van der Waals surface area contributed by atoms with Crippen LogP contribution in [0.4, 0.5) is 0 Å². The molecular weight excluding hydrogens is 322 g/mol. The lowest BCUT2D eigenvalue weighted by atomic mass is 10.2. The molecule has 0 bridgehead atoms. The smallest absolute Gasteiger partial charge is 0.172 e. The SMILES string of the molecule is COc1cc(CNC(C)Cn2cccn2)cc(Br)c1O. The molecule has 0 aliphatic rings. The van der Waals surface area contributed by atoms with Gasteiger partial charge in [0.2, 0.25) is 0 Å². The van der Waals surface area contributed by atoms with Crippen molar-refractivity contribution in [3.63, 3.8) is 0 Å². The minimum Gasteiger partial charge on any atom is -0.503 e. The lowest BCUT2D eigenvalue weighted by Crippen LogP contribution is -2.30. The maximum absolute atomic E-state index is 9.77. The summed E-state index contributed by atoms with van der Waals surface area (Å²) in [4.78, 5) is 0. The van der Waals surface area contributed by atoms with Crippen molar-refractivity contribution in [2.45, 2.75) is 26.1 Å². The van der Waals surface area contributed by atoms with Gasteiger partial charge in [0.25, 0.3) is 0 Å². The topological polar surface area (TPSA) is 59.3 Å². The van der Waals surface area contributed by atoms with Gasteiger partial charge in [0.15, 0.2) is 11.5 Å². The van der Waals surface area contributed by atoms with Gasteiger partial charge in [0, 0.05) is 25.0 Å². The summed E-state index contributed by atoms with van der Waals surface area (Å²) in [6, 6.07) is 5.90. The van der Waals surface area contributed by atoms with Gasteiger partial charge in [-0.2, -0.15) is 5.10 Å². The van der Waals surface area contributed by atoms with E-state index in [0.717, 1.165) is 12.1 Å². The highest BCUT2D eigenvalue weighted by atomic mass is 79.9. The fourth-order valence-corrected chi connectivity index (χ4v) is 2.42. The molecule has 1 heterocycles. The van der Waals surface area contributed by atoms with Crippen LogP contribution in [-0.4, -0.2) is 28.0 Å². The van der Waals surface area contributed by atoms with Crippen molar-refractivity contribution in [1.82, 2.24) is 15.1 Å². The van der Waals surface area contributed by atoms with Gasteiger partial charge in [-0.05, 0) is 46.6 Å². The third kappa shape index (κ3) is 3.74. The monoisotopic (exact) mass is 339 g/mol. The predicted octanol–water partition coefficient (Wildman–Crippen LogP) is 2.54. The van der Waals surface area contributed by atoms with Crippen LogP contribution in [0.1, 0.15) is 12.5 Å². The molecule has 0 aliphatic carbocycles. The van der Waals surface area contributed by atoms with Gasteiger partial charge in [-0.15, -0.1) is 0 Å². The molecule has 1 atom stereocenters. The lowest BCUT2D eigenvalue weighted by molar-refractivity contribution is 0.370. The number of phenols is 1. The van der Waals surface area contributed by atoms with Crippen LogP contribution in [0.3, 0.4) is 0 Å². The number of halogens is 1. The van der Waals surface area contributed by atoms with E-state index in [0.29, 0.717) is 16.8 Å². The highest BCUT2D eigenvalue weighted by Gasteiger charge is 2.09. The van der Waals surface area contributed by atoms with Gasteiger partial charge < -0.3 is 15.2 Å². The first-order valence-corrected chi connectivity index (χ1v) is 7.15. The van der Waals surface area contributed by atoms with Crippen molar-refractivity contribution in [2.75, 3.05) is 7.11 Å². The van der Waals surface area contributed by atoms with Gasteiger partial charge in [-0.1, -0.05) is 0 Å². The first-order valence-electron chi connectivity index (χ1n) is 6.36. The van der Waals surface area contributed by atoms with Crippen LogP contribution in [-0.2, 0) is 13.1 Å². The van der Waals surface area contributed by atoms with Gasteiger partial charge in [-0.25, -0.2) is 0 Å². The number of aromatic hydroxyl groups is 1. The van der Waals surface area contributed by atoms with Crippen molar-refractivity contribution in [1.29, 1.82) is 0 Å². The molecule has 1 aromatic carbocycles. The van der Waals surface area contributed by atoms with Crippen LogP contribution in [0, 0.1) is 0 Å². The van der Waals surface area contributed by atoms with Crippen LogP contribution >= 0.6 is 15.9 Å². The molecule has 2 rings (SSSR count). The number of methoxy groups -OCH3 is 1. The third-order valence-corrected chi connectivity index (χ3v) is 3.59. The summed E-state index contributed by atoms with van der Waals surface area (Å²) >= 11 is 3.32. The zero-order valence-electron chi connectivity index (χ0n) is 11.5. The molecule has 20 heavy (non-hydrogen) atoms. The van der Waals surface area contributed by atoms with Crippen molar-refractivity contribution in [3.8, 4) is 11.5 Å². The number of nitrogens with zero attached hydrogens (tertiary/aromatic N) is 2. The molecule has 0 radical (unpaired) electrons. The van der Waals surface area contributed by atoms with Crippen LogP contribution in [0.25, 0.3) is 0 Å². The van der Waals surface area contributed by atoms with Crippen molar-refractivity contribution >= 4 is 15.9 Å². The molecule has 0 saturated carbocycles. The fraction of sp³-hybridized carbons (Fsp3) is 0.357. The van der Waals surface area contributed by atoms with E-state index in [1.165, 1.54) is 0 Å². The molecule has 2 N–H and O–H groups in total. The van der Waals surface area contributed by atoms with Crippen LogP contribution < -0.4 is 10.1 Å². The predicted molar refractivity (Wildman–Crippen MR) is 80.9 cm³/mol. The first-order chi connectivity index (χ1) is 9.60. The molecule has 0 spiro atoms. The quantitative estimate of drug-likeness (QED) is 0.849. The zero-order valence-corrected chi connectivity index (χ0v) is 13.1. The first kappa shape index (κ1) is 14.9. The Morgan fingerprint density at radius 2 is 2.30 bits per heavy atom. The van der Waals surface area contributed by atoms with Crippen LogP contribution in [0.2, 0.25) is 0 Å². The fourth-order valence-electron chi connectivity index (χ4n) is 1.93. The van der Waals surface area contributed by atoms with Crippen molar-refractivity contribution in [3.05, 3.63) is 40.6 Å². The van der Waals surface area contributed by atoms with E-state index < -0.39 is 0 Å². The van der Waals surface area contributed by atoms with E-state index in [1.807, 2.05) is 29.1 Å². The molecule has 0 saturated heterocycles. The molecule has 0 amide bonds. The standard InChI is InChI=1S/C14H18BrN3O2/c1-10(9-18-5-3-4-17-18)16-8-11-6-12(15)14(19)13(7-11)20-2/h3-7,10,16,19H,8-9H2,1-2H3. The largest absolute Gasteiger partial charge is 0.503 e. The number of rotatable bonds is 6. The van der Waals surface area contributed by atoms with E-state index in [2.05, 4.69) is 33.3 Å². The normalized spacial score (nSPS) is 12.3. The Kier molecular flexibility index (Phi) is 5.03. The van der Waals surface area contributed by atoms with E-state index in [4.69, 9.17) is 4.74 Å². The highest BCUT2D eigenvalue weighted by molar-refractivity contribution is 9.10. The summed E-state index contributed by atoms with van der Waals surface area (Å²) in [7, 11) is 1.54. The number of phenolic OH excluding ortho intramolecular Hbond substituents is 1. The summed E-state index contributed by atoms with van der Waals surface area (Å²) in [5.74, 6) is 0.594. The average Bonchev–Trinajstić information content (AvgIpc) is 2.92. The second kappa shape index (κ2) is 6.76. The number of ether oxygens (including phenoxy) is 1. The van der Waals surface area contributed by atoms with Crippen molar-refractivity contribution in [2.24, 2.45) is 0 Å². The Morgan fingerprint density at radius 1 is 1.50 bits per heavy atom. The molecule has 108 valence electrons. The zero-order chi connectivity index (χ0) is 14.5. The van der Waals surface area contributed by atoms with Gasteiger partial charge in [0.05, 0.1) is 18.1 Å². The van der Waals surface area contributed by atoms with E-state index in [-0.39, 0.29) is 11.8 Å². The van der Waals surface area contributed by atoms with E-state index in [1.54, 1.807) is 13.3 Å². The van der Waals surface area contributed by atoms with Crippen LogP contribution in [0.5, 0.6) is 11.5 Å².